The number of hydrogen-bond donors (Lipinski definition) is 0. The molecule has 0 aliphatic rings. The van der Waals surface area contributed by atoms with Gasteiger partial charge < -0.3 is 4.42 Å². The van der Waals surface area contributed by atoms with Crippen LogP contribution in [0.4, 0.5) is 4.39 Å². The number of halogens is 3. The van der Waals surface area contributed by atoms with E-state index in [2.05, 4.69) is 0 Å². The summed E-state index contributed by atoms with van der Waals surface area (Å²) in [5, 5.41) is 8.99. The largest absolute Gasteiger partial charge is 0.452 e. The van der Waals surface area contributed by atoms with E-state index in [1.165, 1.54) is 24.5 Å². The molecule has 96 valence electrons. The molecular weight excluding hydrogens is 292 g/mol. The predicted octanol–water partition coefficient (Wildman–Crippen LogP) is 4.22. The molecule has 6 heteroatoms. The van der Waals surface area contributed by atoms with E-state index in [0.717, 1.165) is 6.07 Å². The molecule has 0 N–H and O–H groups in total. The fourth-order valence-corrected chi connectivity index (χ4v) is 2.15. The summed E-state index contributed by atoms with van der Waals surface area (Å²) in [6.07, 6.45) is 1.22. The standard InChI is InChI=1S/C13H6Cl2FNO2/c14-9-2-1-3-10(16)11(9)8(6-17)12(18)7-4-5-19-13(7)15/h1-5,8H. The van der Waals surface area contributed by atoms with Crippen molar-refractivity contribution in [2.75, 3.05) is 0 Å². The highest BCUT2D eigenvalue weighted by Crippen LogP contribution is 2.31. The number of Topliss-reactive ketones (excluding diaryl/α,β-unsaturated/α-hetero) is 1. The van der Waals surface area contributed by atoms with Crippen LogP contribution < -0.4 is 0 Å². The summed E-state index contributed by atoms with van der Waals surface area (Å²) in [4.78, 5) is 12.2. The van der Waals surface area contributed by atoms with Gasteiger partial charge >= 0.3 is 0 Å². The molecule has 0 spiro atoms. The lowest BCUT2D eigenvalue weighted by atomic mass is 9.92. The lowest BCUT2D eigenvalue weighted by molar-refractivity contribution is 0.0977. The Morgan fingerprint density at radius 2 is 2.11 bits per heavy atom. The minimum atomic E-state index is -1.37. The third-order valence-corrected chi connectivity index (χ3v) is 3.19. The van der Waals surface area contributed by atoms with Crippen molar-refractivity contribution in [2.24, 2.45) is 0 Å². The molecule has 1 atom stereocenters. The van der Waals surface area contributed by atoms with Gasteiger partial charge in [0, 0.05) is 10.6 Å². The van der Waals surface area contributed by atoms with Crippen LogP contribution in [-0.2, 0) is 0 Å². The monoisotopic (exact) mass is 297 g/mol. The van der Waals surface area contributed by atoms with Crippen LogP contribution in [0.5, 0.6) is 0 Å². The molecular formula is C13H6Cl2FNO2. The second-order valence-corrected chi connectivity index (χ2v) is 4.42. The molecule has 3 nitrogen and oxygen atoms in total. The van der Waals surface area contributed by atoms with E-state index in [9.17, 15) is 9.18 Å². The van der Waals surface area contributed by atoms with E-state index < -0.39 is 17.5 Å². The van der Waals surface area contributed by atoms with E-state index in [-0.39, 0.29) is 21.4 Å². The van der Waals surface area contributed by atoms with Crippen molar-refractivity contribution < 1.29 is 13.6 Å². The fraction of sp³-hybridized carbons (Fsp3) is 0.0769. The molecule has 0 bridgehead atoms. The molecule has 19 heavy (non-hydrogen) atoms. The second-order valence-electron chi connectivity index (χ2n) is 3.67. The van der Waals surface area contributed by atoms with Gasteiger partial charge in [-0.1, -0.05) is 17.7 Å². The van der Waals surface area contributed by atoms with Gasteiger partial charge in [-0.2, -0.15) is 5.26 Å². The van der Waals surface area contributed by atoms with Crippen LogP contribution in [0.1, 0.15) is 21.8 Å². The Labute approximate surface area is 118 Å². The molecule has 2 rings (SSSR count). The lowest BCUT2D eigenvalue weighted by Crippen LogP contribution is -2.13. The van der Waals surface area contributed by atoms with Gasteiger partial charge in [0.1, 0.15) is 11.7 Å². The van der Waals surface area contributed by atoms with Gasteiger partial charge in [-0.15, -0.1) is 0 Å². The highest BCUT2D eigenvalue weighted by Gasteiger charge is 2.29. The first-order valence-electron chi connectivity index (χ1n) is 5.17. The van der Waals surface area contributed by atoms with Gasteiger partial charge in [-0.05, 0) is 29.8 Å². The first-order chi connectivity index (χ1) is 9.06. The van der Waals surface area contributed by atoms with Crippen molar-refractivity contribution in [3.8, 4) is 6.07 Å². The summed E-state index contributed by atoms with van der Waals surface area (Å²) in [6.45, 7) is 0. The van der Waals surface area contributed by atoms with Crippen LogP contribution in [0.15, 0.2) is 34.9 Å². The van der Waals surface area contributed by atoms with Crippen molar-refractivity contribution in [1.29, 1.82) is 5.26 Å². The van der Waals surface area contributed by atoms with Crippen LogP contribution in [0.3, 0.4) is 0 Å². The maximum Gasteiger partial charge on any atom is 0.203 e. The van der Waals surface area contributed by atoms with E-state index in [0.29, 0.717) is 0 Å². The summed E-state index contributed by atoms with van der Waals surface area (Å²) >= 11 is 11.5. The number of carbonyl (C=O) groups is 1. The normalized spacial score (nSPS) is 11.9. The average molecular weight is 298 g/mol. The molecule has 0 aliphatic carbocycles. The zero-order chi connectivity index (χ0) is 14.0. The Morgan fingerprint density at radius 3 is 2.63 bits per heavy atom. The first kappa shape index (κ1) is 13.6. The third kappa shape index (κ3) is 2.48. The Hall–Kier alpha value is -1.83. The summed E-state index contributed by atoms with van der Waals surface area (Å²) in [5.41, 5.74) is -0.138. The Balaban J connectivity index is 2.50. The molecule has 2 aromatic rings. The smallest absolute Gasteiger partial charge is 0.203 e. The number of carbonyl (C=O) groups excluding carboxylic acids is 1. The van der Waals surface area contributed by atoms with Crippen LogP contribution in [0.2, 0.25) is 10.2 Å². The van der Waals surface area contributed by atoms with Gasteiger partial charge in [0.05, 0.1) is 17.9 Å². The number of nitriles is 1. The van der Waals surface area contributed by atoms with Gasteiger partial charge in [0.15, 0.2) is 5.78 Å². The number of benzene rings is 1. The van der Waals surface area contributed by atoms with E-state index in [1.807, 2.05) is 0 Å². The Bertz CT molecular complexity index is 655. The second kappa shape index (κ2) is 5.43. The molecule has 0 saturated heterocycles. The van der Waals surface area contributed by atoms with Crippen molar-refractivity contribution in [1.82, 2.24) is 0 Å². The molecule has 1 aromatic heterocycles. The lowest BCUT2D eigenvalue weighted by Gasteiger charge is -2.10. The molecule has 0 radical (unpaired) electrons. The number of hydrogen-bond acceptors (Lipinski definition) is 3. The first-order valence-corrected chi connectivity index (χ1v) is 5.92. The minimum absolute atomic E-state index is 0.0134. The summed E-state index contributed by atoms with van der Waals surface area (Å²) < 4.78 is 18.5. The van der Waals surface area contributed by atoms with Crippen molar-refractivity contribution in [3.05, 3.63) is 57.7 Å². The fourth-order valence-electron chi connectivity index (χ4n) is 1.67. The Morgan fingerprint density at radius 1 is 1.37 bits per heavy atom. The van der Waals surface area contributed by atoms with Crippen molar-refractivity contribution in [2.45, 2.75) is 5.92 Å². The van der Waals surface area contributed by atoms with E-state index in [1.54, 1.807) is 6.07 Å². The topological polar surface area (TPSA) is 54.0 Å². The SMILES string of the molecule is N#CC(C(=O)c1ccoc1Cl)c1c(F)cccc1Cl. The zero-order valence-electron chi connectivity index (χ0n) is 9.36. The van der Waals surface area contributed by atoms with E-state index >= 15 is 0 Å². The van der Waals surface area contributed by atoms with Gasteiger partial charge in [-0.25, -0.2) is 4.39 Å². The number of furan rings is 1. The van der Waals surface area contributed by atoms with Crippen LogP contribution >= 0.6 is 23.2 Å². The average Bonchev–Trinajstić information content (AvgIpc) is 2.79. The molecule has 1 aromatic carbocycles. The van der Waals surface area contributed by atoms with Gasteiger partial charge in [0.2, 0.25) is 5.22 Å². The van der Waals surface area contributed by atoms with Gasteiger partial charge in [-0.3, -0.25) is 4.79 Å². The van der Waals surface area contributed by atoms with Crippen molar-refractivity contribution in [3.63, 3.8) is 0 Å². The highest BCUT2D eigenvalue weighted by atomic mass is 35.5. The van der Waals surface area contributed by atoms with Gasteiger partial charge in [0.25, 0.3) is 0 Å². The Kier molecular flexibility index (Phi) is 3.89. The number of nitrogens with zero attached hydrogens (tertiary/aromatic N) is 1. The highest BCUT2D eigenvalue weighted by molar-refractivity contribution is 6.33. The minimum Gasteiger partial charge on any atom is -0.452 e. The molecule has 0 amide bonds. The molecule has 0 aliphatic heterocycles. The van der Waals surface area contributed by atoms with E-state index in [4.69, 9.17) is 32.9 Å². The summed E-state index contributed by atoms with van der Waals surface area (Å²) in [7, 11) is 0. The van der Waals surface area contributed by atoms with Crippen molar-refractivity contribution >= 4 is 29.0 Å². The molecule has 1 heterocycles. The third-order valence-electron chi connectivity index (χ3n) is 2.56. The maximum atomic E-state index is 13.7. The van der Waals surface area contributed by atoms with Crippen LogP contribution in [0.25, 0.3) is 0 Å². The maximum absolute atomic E-state index is 13.7. The molecule has 0 saturated carbocycles. The van der Waals surface area contributed by atoms with Crippen LogP contribution in [-0.4, -0.2) is 5.78 Å². The summed E-state index contributed by atoms with van der Waals surface area (Å²) in [6, 6.07) is 7.00. The number of ketones is 1. The summed E-state index contributed by atoms with van der Waals surface area (Å²) in [5.74, 6) is -2.75. The quantitative estimate of drug-likeness (QED) is 0.797. The van der Waals surface area contributed by atoms with Crippen LogP contribution in [0, 0.1) is 17.1 Å². The predicted molar refractivity (Wildman–Crippen MR) is 67.8 cm³/mol. The molecule has 0 fully saturated rings. The molecule has 1 unspecified atom stereocenters. The number of rotatable bonds is 3. The zero-order valence-corrected chi connectivity index (χ0v) is 10.9.